The SMILES string of the molecule is CCS(=O)(=O)c1cc(OC(F)(F)C(F)Cl)ccc1-n1cc(OCC(F)(F)C(F)(F)C(F)(F)F)cn1. The Bertz CT molecular complexity index is 1150. The second kappa shape index (κ2) is 9.55. The first-order valence-corrected chi connectivity index (χ1v) is 11.1. The van der Waals surface area contributed by atoms with E-state index in [0.29, 0.717) is 23.1 Å². The maximum Gasteiger partial charge on any atom is 0.460 e. The van der Waals surface area contributed by atoms with Crippen LogP contribution in [-0.2, 0) is 9.84 Å². The Morgan fingerprint density at radius 2 is 1.66 bits per heavy atom. The molecule has 1 unspecified atom stereocenters. The van der Waals surface area contributed by atoms with E-state index in [9.17, 15) is 52.3 Å². The first-order valence-electron chi connectivity index (χ1n) is 8.97. The van der Waals surface area contributed by atoms with E-state index in [1.54, 1.807) is 0 Å². The van der Waals surface area contributed by atoms with Crippen LogP contribution in [-0.4, -0.2) is 60.3 Å². The zero-order valence-electron chi connectivity index (χ0n) is 17.0. The van der Waals surface area contributed by atoms with Crippen molar-refractivity contribution >= 4 is 21.4 Å². The molecule has 0 saturated carbocycles. The Labute approximate surface area is 195 Å². The first-order chi connectivity index (χ1) is 15.7. The summed E-state index contributed by atoms with van der Waals surface area (Å²) in [6.45, 7) is -1.26. The molecule has 1 aromatic carbocycles. The molecule has 2 rings (SSSR count). The second-order valence-electron chi connectivity index (χ2n) is 6.68. The smallest absolute Gasteiger partial charge is 0.460 e. The molecule has 0 aliphatic carbocycles. The largest absolute Gasteiger partial charge is 0.484 e. The van der Waals surface area contributed by atoms with E-state index in [1.165, 1.54) is 0 Å². The average Bonchev–Trinajstić information content (AvgIpc) is 3.20. The Kier molecular flexibility index (Phi) is 7.86. The molecule has 0 saturated heterocycles. The van der Waals surface area contributed by atoms with Crippen LogP contribution in [0.25, 0.3) is 5.69 Å². The lowest BCUT2D eigenvalue weighted by molar-refractivity contribution is -0.358. The van der Waals surface area contributed by atoms with Gasteiger partial charge in [-0.15, -0.1) is 0 Å². The minimum Gasteiger partial charge on any atom is -0.484 e. The lowest BCUT2D eigenvalue weighted by atomic mass is 10.2. The quantitative estimate of drug-likeness (QED) is 0.285. The number of sulfone groups is 1. The molecule has 6 nitrogen and oxygen atoms in total. The van der Waals surface area contributed by atoms with Crippen molar-refractivity contribution in [3.63, 3.8) is 0 Å². The van der Waals surface area contributed by atoms with Crippen molar-refractivity contribution in [2.24, 2.45) is 0 Å². The number of nitrogens with zero attached hydrogens (tertiary/aromatic N) is 2. The normalized spacial score (nSPS) is 14.6. The highest BCUT2D eigenvalue weighted by Gasteiger charge is 2.73. The summed E-state index contributed by atoms with van der Waals surface area (Å²) in [6, 6.07) is 2.14. The average molecular weight is 567 g/mol. The fourth-order valence-corrected chi connectivity index (χ4v) is 3.47. The van der Waals surface area contributed by atoms with Crippen LogP contribution < -0.4 is 9.47 Å². The third-order valence-electron chi connectivity index (χ3n) is 4.20. The molecule has 0 N–H and O–H groups in total. The molecule has 0 amide bonds. The molecule has 35 heavy (non-hydrogen) atoms. The minimum absolute atomic E-state index is 0.410. The summed E-state index contributed by atoms with van der Waals surface area (Å²) in [6.07, 6.45) is -9.88. The number of ether oxygens (including phenoxy) is 2. The number of hydrogen-bond acceptors (Lipinski definition) is 5. The molecule has 2 aromatic rings. The topological polar surface area (TPSA) is 70.4 Å². The molecule has 0 radical (unpaired) electrons. The van der Waals surface area contributed by atoms with Crippen molar-refractivity contribution in [1.82, 2.24) is 9.78 Å². The summed E-state index contributed by atoms with van der Waals surface area (Å²) in [4.78, 5) is -0.720. The van der Waals surface area contributed by atoms with E-state index < -0.39 is 74.0 Å². The van der Waals surface area contributed by atoms with Crippen LogP contribution in [0.15, 0.2) is 35.5 Å². The first kappa shape index (κ1) is 28.8. The molecule has 198 valence electrons. The van der Waals surface area contributed by atoms with Crippen LogP contribution in [0.1, 0.15) is 6.92 Å². The molecule has 0 aliphatic rings. The molecule has 0 aliphatic heterocycles. The fourth-order valence-electron chi connectivity index (χ4n) is 2.34. The van der Waals surface area contributed by atoms with Gasteiger partial charge < -0.3 is 9.47 Å². The van der Waals surface area contributed by atoms with Crippen molar-refractivity contribution in [1.29, 1.82) is 0 Å². The van der Waals surface area contributed by atoms with Gasteiger partial charge in [-0.3, -0.25) is 0 Å². The van der Waals surface area contributed by atoms with Crippen molar-refractivity contribution in [2.75, 3.05) is 12.4 Å². The number of benzene rings is 1. The van der Waals surface area contributed by atoms with E-state index in [2.05, 4.69) is 26.2 Å². The molecule has 0 spiro atoms. The monoisotopic (exact) mass is 566 g/mol. The van der Waals surface area contributed by atoms with Crippen LogP contribution in [0.2, 0.25) is 0 Å². The highest BCUT2D eigenvalue weighted by molar-refractivity contribution is 7.91. The highest BCUT2D eigenvalue weighted by Crippen LogP contribution is 2.46. The highest BCUT2D eigenvalue weighted by atomic mass is 35.5. The molecule has 18 heteroatoms. The standard InChI is InChI=1S/C17H13ClF10N2O4S/c1-2-35(31,32)12-5-9(34-15(22,23)13(18)19)3-4-11(12)30-7-10(6-29-30)33-8-14(20,21)16(24,25)17(26,27)28/h3-7,13H,2,8H2,1H3. The van der Waals surface area contributed by atoms with Gasteiger partial charge >= 0.3 is 24.1 Å². The zero-order valence-corrected chi connectivity index (χ0v) is 18.5. The molecular formula is C17H13ClF10N2O4S. The van der Waals surface area contributed by atoms with Gasteiger partial charge in [-0.05, 0) is 12.1 Å². The number of aromatic nitrogens is 2. The van der Waals surface area contributed by atoms with Gasteiger partial charge in [-0.1, -0.05) is 18.5 Å². The van der Waals surface area contributed by atoms with Crippen molar-refractivity contribution in [2.45, 2.75) is 41.6 Å². The maximum atomic E-state index is 13.4. The van der Waals surface area contributed by atoms with Gasteiger partial charge in [-0.2, -0.15) is 44.6 Å². The summed E-state index contributed by atoms with van der Waals surface area (Å²) in [5, 5.41) is 3.54. The minimum atomic E-state index is -6.57. The number of hydrogen-bond donors (Lipinski definition) is 0. The third kappa shape index (κ3) is 6.05. The number of rotatable bonds is 10. The summed E-state index contributed by atoms with van der Waals surface area (Å²) in [5.41, 5.74) is -3.70. The van der Waals surface area contributed by atoms with Gasteiger partial charge in [0.15, 0.2) is 22.2 Å². The molecule has 0 bridgehead atoms. The molecular weight excluding hydrogens is 554 g/mol. The van der Waals surface area contributed by atoms with Gasteiger partial charge in [0.2, 0.25) is 0 Å². The predicted octanol–water partition coefficient (Wildman–Crippen LogP) is 5.38. The molecule has 1 atom stereocenters. The van der Waals surface area contributed by atoms with E-state index in [4.69, 9.17) is 0 Å². The van der Waals surface area contributed by atoms with Crippen molar-refractivity contribution < 1.29 is 61.8 Å². The number of alkyl halides is 11. The van der Waals surface area contributed by atoms with Gasteiger partial charge in [0, 0.05) is 6.07 Å². The van der Waals surface area contributed by atoms with E-state index in [1.807, 2.05) is 0 Å². The Balaban J connectivity index is 2.38. The fraction of sp³-hybridized carbons (Fsp3) is 0.471. The van der Waals surface area contributed by atoms with Gasteiger partial charge in [0.25, 0.3) is 5.63 Å². The van der Waals surface area contributed by atoms with Crippen LogP contribution in [0.5, 0.6) is 11.5 Å². The second-order valence-corrected chi connectivity index (χ2v) is 9.31. The maximum absolute atomic E-state index is 13.4. The summed E-state index contributed by atoms with van der Waals surface area (Å²) >= 11 is 4.67. The predicted molar refractivity (Wildman–Crippen MR) is 99.1 cm³/mol. The van der Waals surface area contributed by atoms with Crippen LogP contribution in [0, 0.1) is 0 Å². The van der Waals surface area contributed by atoms with Crippen LogP contribution in [0.3, 0.4) is 0 Å². The number of halogens is 11. The van der Waals surface area contributed by atoms with Gasteiger partial charge in [0.05, 0.1) is 28.7 Å². The molecule has 1 heterocycles. The zero-order chi connectivity index (χ0) is 27.0. The van der Waals surface area contributed by atoms with E-state index in [-0.39, 0.29) is 0 Å². The third-order valence-corrected chi connectivity index (χ3v) is 6.21. The van der Waals surface area contributed by atoms with E-state index >= 15 is 0 Å². The summed E-state index contributed by atoms with van der Waals surface area (Å²) in [5.74, 6) is -14.3. The lowest BCUT2D eigenvalue weighted by Crippen LogP contribution is -2.54. The van der Waals surface area contributed by atoms with Crippen molar-refractivity contribution in [3.8, 4) is 17.2 Å². The molecule has 0 fully saturated rings. The Morgan fingerprint density at radius 3 is 2.17 bits per heavy atom. The Hall–Kier alpha value is -2.43. The van der Waals surface area contributed by atoms with Crippen LogP contribution in [0.4, 0.5) is 43.9 Å². The van der Waals surface area contributed by atoms with E-state index in [0.717, 1.165) is 19.1 Å². The summed E-state index contributed by atoms with van der Waals surface area (Å²) in [7, 11) is -4.23. The van der Waals surface area contributed by atoms with Crippen molar-refractivity contribution in [3.05, 3.63) is 30.6 Å². The molecule has 1 aromatic heterocycles. The summed E-state index contributed by atoms with van der Waals surface area (Å²) < 4.78 is 163. The van der Waals surface area contributed by atoms with Gasteiger partial charge in [-0.25, -0.2) is 17.5 Å². The lowest BCUT2D eigenvalue weighted by Gasteiger charge is -2.27. The van der Waals surface area contributed by atoms with Gasteiger partial charge in [0.1, 0.15) is 5.75 Å². The van der Waals surface area contributed by atoms with Crippen LogP contribution >= 0.6 is 11.6 Å². The Morgan fingerprint density at radius 1 is 1.06 bits per heavy atom.